The summed E-state index contributed by atoms with van der Waals surface area (Å²) in [5.74, 6) is -0.473. The number of nitrogens with zero attached hydrogens (tertiary/aromatic N) is 4. The predicted molar refractivity (Wildman–Crippen MR) is 116 cm³/mol. The Morgan fingerprint density at radius 2 is 1.78 bits per heavy atom. The molecule has 1 amide bonds. The van der Waals surface area contributed by atoms with Crippen molar-refractivity contribution in [3.05, 3.63) is 60.7 Å². The molecule has 2 aromatic carbocycles. The molecule has 0 atom stereocenters. The van der Waals surface area contributed by atoms with Crippen LogP contribution < -0.4 is 15.5 Å². The summed E-state index contributed by atoms with van der Waals surface area (Å²) >= 11 is 0. The first-order chi connectivity index (χ1) is 15.4. The van der Waals surface area contributed by atoms with Gasteiger partial charge < -0.3 is 15.5 Å². The summed E-state index contributed by atoms with van der Waals surface area (Å²) in [5.41, 5.74) is 1.26. The van der Waals surface area contributed by atoms with Crippen LogP contribution in [0, 0.1) is 0 Å². The summed E-state index contributed by atoms with van der Waals surface area (Å²) < 4.78 is 40.9. The molecule has 0 radical (unpaired) electrons. The van der Waals surface area contributed by atoms with Gasteiger partial charge in [0.15, 0.2) is 0 Å². The maximum absolute atomic E-state index is 13.2. The number of hydrogen-bond donors (Lipinski definition) is 2. The van der Waals surface area contributed by atoms with Gasteiger partial charge in [0.05, 0.1) is 34.9 Å². The molecule has 0 saturated carbocycles. The fourth-order valence-corrected chi connectivity index (χ4v) is 3.75. The van der Waals surface area contributed by atoms with Gasteiger partial charge in [0.25, 0.3) is 0 Å². The monoisotopic (exact) mass is 444 g/mol. The molecule has 0 unspecified atom stereocenters. The van der Waals surface area contributed by atoms with Crippen molar-refractivity contribution in [1.82, 2.24) is 14.8 Å². The zero-order chi connectivity index (χ0) is 22.6. The molecule has 7 nitrogen and oxygen atoms in total. The Morgan fingerprint density at radius 3 is 2.50 bits per heavy atom. The van der Waals surface area contributed by atoms with Gasteiger partial charge in [-0.3, -0.25) is 4.79 Å². The van der Waals surface area contributed by atoms with Crippen LogP contribution in [0.2, 0.25) is 0 Å². The van der Waals surface area contributed by atoms with E-state index in [-0.39, 0.29) is 17.9 Å². The molecule has 1 fully saturated rings. The summed E-state index contributed by atoms with van der Waals surface area (Å²) in [6.07, 6.45) is 1.53. The van der Waals surface area contributed by atoms with E-state index in [4.69, 9.17) is 0 Å². The van der Waals surface area contributed by atoms with E-state index in [1.54, 1.807) is 0 Å². The van der Waals surface area contributed by atoms with Crippen molar-refractivity contribution in [2.24, 2.45) is 0 Å². The second-order valence-corrected chi connectivity index (χ2v) is 7.54. The molecular weight excluding hydrogens is 421 g/mol. The van der Waals surface area contributed by atoms with E-state index >= 15 is 0 Å². The number of benzene rings is 2. The number of alkyl halides is 3. The average Bonchev–Trinajstić information content (AvgIpc) is 3.32. The first-order valence-electron chi connectivity index (χ1n) is 10.4. The SMILES string of the molecule is O=C(CNc1ccccc1N1CCCCC1)Nc1cc(C(F)(F)F)ccc1-n1cncn1. The number of hydrogen-bond acceptors (Lipinski definition) is 5. The Labute approximate surface area is 183 Å². The van der Waals surface area contributed by atoms with Crippen LogP contribution >= 0.6 is 0 Å². The molecular formula is C22H23F3N6O. The first-order valence-corrected chi connectivity index (χ1v) is 10.4. The summed E-state index contributed by atoms with van der Waals surface area (Å²) in [6.45, 7) is 1.81. The minimum Gasteiger partial charge on any atom is -0.374 e. The van der Waals surface area contributed by atoms with Gasteiger partial charge in [0.1, 0.15) is 12.7 Å². The van der Waals surface area contributed by atoms with Gasteiger partial charge in [-0.25, -0.2) is 9.67 Å². The van der Waals surface area contributed by atoms with Gasteiger partial charge in [-0.05, 0) is 49.6 Å². The number of carbonyl (C=O) groups excluding carboxylic acids is 1. The average molecular weight is 444 g/mol. The van der Waals surface area contributed by atoms with E-state index in [0.717, 1.165) is 49.4 Å². The number of halogens is 3. The number of anilines is 3. The zero-order valence-corrected chi connectivity index (χ0v) is 17.3. The standard InChI is InChI=1S/C22H23F3N6O/c23-22(24,25)16-8-9-20(31-15-26-14-28-31)18(12-16)29-21(32)13-27-17-6-2-3-7-19(17)30-10-4-1-5-11-30/h2-3,6-9,12,14-15,27H,1,4-5,10-11,13H2,(H,29,32). The van der Waals surface area contributed by atoms with Crippen molar-refractivity contribution in [2.45, 2.75) is 25.4 Å². The lowest BCUT2D eigenvalue weighted by Crippen LogP contribution is -2.30. The van der Waals surface area contributed by atoms with Gasteiger partial charge in [-0.15, -0.1) is 0 Å². The van der Waals surface area contributed by atoms with Crippen LogP contribution in [0.5, 0.6) is 0 Å². The van der Waals surface area contributed by atoms with Gasteiger partial charge in [0.2, 0.25) is 5.91 Å². The second kappa shape index (κ2) is 9.29. The van der Waals surface area contributed by atoms with Crippen LogP contribution in [-0.2, 0) is 11.0 Å². The summed E-state index contributed by atoms with van der Waals surface area (Å²) in [4.78, 5) is 18.7. The maximum Gasteiger partial charge on any atom is 0.416 e. The molecule has 32 heavy (non-hydrogen) atoms. The van der Waals surface area contributed by atoms with E-state index in [1.807, 2.05) is 24.3 Å². The van der Waals surface area contributed by atoms with Crippen LogP contribution in [0.3, 0.4) is 0 Å². The molecule has 0 bridgehead atoms. The lowest BCUT2D eigenvalue weighted by Gasteiger charge is -2.30. The van der Waals surface area contributed by atoms with Crippen LogP contribution in [0.15, 0.2) is 55.1 Å². The first kappa shape index (κ1) is 21.7. The van der Waals surface area contributed by atoms with E-state index in [2.05, 4.69) is 25.6 Å². The second-order valence-electron chi connectivity index (χ2n) is 7.54. The molecule has 1 saturated heterocycles. The maximum atomic E-state index is 13.2. The van der Waals surface area contributed by atoms with Crippen LogP contribution in [0.4, 0.5) is 30.2 Å². The fraction of sp³-hybridized carbons (Fsp3) is 0.318. The molecule has 0 aliphatic carbocycles. The largest absolute Gasteiger partial charge is 0.416 e. The van der Waals surface area contributed by atoms with Gasteiger partial charge in [-0.1, -0.05) is 12.1 Å². The van der Waals surface area contributed by atoms with Crippen molar-refractivity contribution in [2.75, 3.05) is 35.2 Å². The van der Waals surface area contributed by atoms with Crippen molar-refractivity contribution in [1.29, 1.82) is 0 Å². The molecule has 10 heteroatoms. The number of rotatable bonds is 6. The molecule has 2 N–H and O–H groups in total. The van der Waals surface area contributed by atoms with Crippen molar-refractivity contribution in [3.63, 3.8) is 0 Å². The Hall–Kier alpha value is -3.56. The highest BCUT2D eigenvalue weighted by Crippen LogP contribution is 2.33. The summed E-state index contributed by atoms with van der Waals surface area (Å²) in [7, 11) is 0. The Bertz CT molecular complexity index is 1060. The minimum atomic E-state index is -4.54. The van der Waals surface area contributed by atoms with Gasteiger partial charge in [-0.2, -0.15) is 18.3 Å². The third-order valence-electron chi connectivity index (χ3n) is 5.30. The third-order valence-corrected chi connectivity index (χ3v) is 5.30. The van der Waals surface area contributed by atoms with Gasteiger partial charge >= 0.3 is 6.18 Å². The topological polar surface area (TPSA) is 75.1 Å². The lowest BCUT2D eigenvalue weighted by molar-refractivity contribution is -0.137. The van der Waals surface area contributed by atoms with E-state index in [1.165, 1.54) is 29.8 Å². The molecule has 1 aliphatic heterocycles. The van der Waals surface area contributed by atoms with Crippen LogP contribution in [0.25, 0.3) is 5.69 Å². The van der Waals surface area contributed by atoms with E-state index in [9.17, 15) is 18.0 Å². The van der Waals surface area contributed by atoms with Gasteiger partial charge in [0, 0.05) is 13.1 Å². The lowest BCUT2D eigenvalue weighted by atomic mass is 10.1. The summed E-state index contributed by atoms with van der Waals surface area (Å²) in [5, 5.41) is 9.65. The molecule has 2 heterocycles. The third kappa shape index (κ3) is 5.01. The molecule has 168 valence electrons. The van der Waals surface area contributed by atoms with Crippen molar-refractivity contribution in [3.8, 4) is 5.69 Å². The van der Waals surface area contributed by atoms with Crippen LogP contribution in [-0.4, -0.2) is 40.3 Å². The predicted octanol–water partition coefficient (Wildman–Crippen LogP) is 4.33. The number of amides is 1. The Balaban J connectivity index is 1.50. The fourth-order valence-electron chi connectivity index (χ4n) is 3.75. The molecule has 1 aromatic heterocycles. The highest BCUT2D eigenvalue weighted by Gasteiger charge is 2.31. The van der Waals surface area contributed by atoms with Crippen LogP contribution in [0.1, 0.15) is 24.8 Å². The number of nitrogens with one attached hydrogen (secondary N) is 2. The highest BCUT2D eigenvalue weighted by atomic mass is 19.4. The molecule has 3 aromatic rings. The summed E-state index contributed by atoms with van der Waals surface area (Å²) in [6, 6.07) is 10.8. The van der Waals surface area contributed by atoms with Crippen molar-refractivity contribution < 1.29 is 18.0 Å². The Kier molecular flexibility index (Phi) is 6.29. The van der Waals surface area contributed by atoms with E-state index in [0.29, 0.717) is 0 Å². The highest BCUT2D eigenvalue weighted by molar-refractivity contribution is 5.96. The molecule has 0 spiro atoms. The molecule has 1 aliphatic rings. The number of para-hydroxylation sites is 2. The number of piperidine rings is 1. The number of carbonyl (C=O) groups is 1. The quantitative estimate of drug-likeness (QED) is 0.592. The number of aromatic nitrogens is 3. The zero-order valence-electron chi connectivity index (χ0n) is 17.3. The van der Waals surface area contributed by atoms with Crippen molar-refractivity contribution >= 4 is 23.0 Å². The Morgan fingerprint density at radius 1 is 1.00 bits per heavy atom. The van der Waals surface area contributed by atoms with E-state index < -0.39 is 17.6 Å². The smallest absolute Gasteiger partial charge is 0.374 e. The molecule has 4 rings (SSSR count). The normalized spacial score (nSPS) is 14.3. The minimum absolute atomic E-state index is 0.00133.